The van der Waals surface area contributed by atoms with Crippen molar-refractivity contribution in [3.63, 3.8) is 0 Å². The lowest BCUT2D eigenvalue weighted by atomic mass is 9.96. The monoisotopic (exact) mass is 321 g/mol. The molecule has 2 unspecified atom stereocenters. The molecule has 0 aliphatic carbocycles. The Morgan fingerprint density at radius 1 is 1.32 bits per heavy atom. The van der Waals surface area contributed by atoms with Crippen molar-refractivity contribution in [1.29, 1.82) is 5.26 Å². The fourth-order valence-corrected chi connectivity index (χ4v) is 4.92. The van der Waals surface area contributed by atoms with E-state index < -0.39 is 10.0 Å². The van der Waals surface area contributed by atoms with Gasteiger partial charge in [0.05, 0.1) is 18.7 Å². The Morgan fingerprint density at radius 2 is 2.00 bits per heavy atom. The highest BCUT2D eigenvalue weighted by Crippen LogP contribution is 2.30. The number of rotatable bonds is 3. The van der Waals surface area contributed by atoms with Crippen LogP contribution in [0, 0.1) is 11.3 Å². The minimum Gasteiger partial charge on any atom is -0.495 e. The van der Waals surface area contributed by atoms with Gasteiger partial charge in [0.1, 0.15) is 10.6 Å². The van der Waals surface area contributed by atoms with Gasteiger partial charge in [-0.1, -0.05) is 6.42 Å². The van der Waals surface area contributed by atoms with Crippen LogP contribution in [0.3, 0.4) is 0 Å². The Kier molecular flexibility index (Phi) is 4.08. The summed E-state index contributed by atoms with van der Waals surface area (Å²) in [6.45, 7) is 0.976. The van der Waals surface area contributed by atoms with Crippen LogP contribution in [0.1, 0.15) is 24.8 Å². The van der Waals surface area contributed by atoms with Gasteiger partial charge in [-0.2, -0.15) is 9.57 Å². The predicted molar refractivity (Wildman–Crippen MR) is 81.0 cm³/mol. The van der Waals surface area contributed by atoms with Crippen molar-refractivity contribution >= 4 is 10.0 Å². The molecule has 0 radical (unpaired) electrons. The minimum atomic E-state index is -3.61. The van der Waals surface area contributed by atoms with E-state index in [1.165, 1.54) is 25.3 Å². The molecule has 118 valence electrons. The van der Waals surface area contributed by atoms with Crippen molar-refractivity contribution < 1.29 is 13.2 Å². The topological polar surface area (TPSA) is 82.4 Å². The van der Waals surface area contributed by atoms with Crippen molar-refractivity contribution in [2.24, 2.45) is 0 Å². The van der Waals surface area contributed by atoms with E-state index in [1.54, 1.807) is 4.31 Å². The molecule has 7 heteroatoms. The number of methoxy groups -OCH3 is 1. The van der Waals surface area contributed by atoms with Gasteiger partial charge < -0.3 is 10.1 Å². The van der Waals surface area contributed by atoms with Crippen LogP contribution in [0.2, 0.25) is 0 Å². The number of piperidine rings is 1. The normalized spacial score (nSPS) is 25.5. The molecule has 0 aromatic heterocycles. The second-order valence-corrected chi connectivity index (χ2v) is 7.70. The SMILES string of the molecule is COc1cc(C#N)ccc1S(=O)(=O)N1CC2CCCC(C1)N2. The van der Waals surface area contributed by atoms with E-state index in [2.05, 4.69) is 5.32 Å². The lowest BCUT2D eigenvalue weighted by Crippen LogP contribution is -2.59. The lowest BCUT2D eigenvalue weighted by molar-refractivity contribution is 0.190. The highest BCUT2D eigenvalue weighted by Gasteiger charge is 2.37. The average molecular weight is 321 g/mol. The smallest absolute Gasteiger partial charge is 0.246 e. The summed E-state index contributed by atoms with van der Waals surface area (Å²) in [5, 5.41) is 12.4. The molecule has 6 nitrogen and oxygen atoms in total. The van der Waals surface area contributed by atoms with Crippen molar-refractivity contribution in [3.8, 4) is 11.8 Å². The molecular weight excluding hydrogens is 302 g/mol. The molecular formula is C15H19N3O3S. The quantitative estimate of drug-likeness (QED) is 0.901. The van der Waals surface area contributed by atoms with Crippen molar-refractivity contribution in [2.45, 2.75) is 36.2 Å². The number of benzene rings is 1. The Morgan fingerprint density at radius 3 is 2.59 bits per heavy atom. The molecule has 1 aromatic carbocycles. The fourth-order valence-electron chi connectivity index (χ4n) is 3.25. The lowest BCUT2D eigenvalue weighted by Gasteiger charge is -2.41. The Bertz CT molecular complexity index is 699. The van der Waals surface area contributed by atoms with Crippen LogP contribution < -0.4 is 10.1 Å². The molecule has 2 bridgehead atoms. The van der Waals surface area contributed by atoms with Crippen LogP contribution in [-0.2, 0) is 10.0 Å². The number of ether oxygens (including phenoxy) is 1. The largest absolute Gasteiger partial charge is 0.495 e. The Balaban J connectivity index is 1.94. The molecule has 2 fully saturated rings. The Hall–Kier alpha value is -1.62. The van der Waals surface area contributed by atoms with E-state index in [9.17, 15) is 8.42 Å². The summed E-state index contributed by atoms with van der Waals surface area (Å²) in [5.74, 6) is 0.225. The predicted octanol–water partition coefficient (Wildman–Crippen LogP) is 1.08. The highest BCUT2D eigenvalue weighted by atomic mass is 32.2. The number of nitrogens with one attached hydrogen (secondary N) is 1. The number of nitriles is 1. The number of hydrogen-bond acceptors (Lipinski definition) is 5. The second-order valence-electron chi connectivity index (χ2n) is 5.79. The first-order chi connectivity index (χ1) is 10.5. The van der Waals surface area contributed by atoms with Crippen LogP contribution in [0.25, 0.3) is 0 Å². The summed E-state index contributed by atoms with van der Waals surface area (Å²) in [7, 11) is -2.19. The molecule has 1 N–H and O–H groups in total. The van der Waals surface area contributed by atoms with Gasteiger partial charge in [-0.25, -0.2) is 8.42 Å². The third kappa shape index (κ3) is 2.70. The Labute approximate surface area is 130 Å². The van der Waals surface area contributed by atoms with E-state index in [-0.39, 0.29) is 22.7 Å². The van der Waals surface area contributed by atoms with E-state index in [0.717, 1.165) is 19.3 Å². The van der Waals surface area contributed by atoms with Gasteiger partial charge in [0.15, 0.2) is 0 Å². The van der Waals surface area contributed by atoms with Crippen molar-refractivity contribution in [2.75, 3.05) is 20.2 Å². The van der Waals surface area contributed by atoms with Gasteiger partial charge in [0, 0.05) is 25.2 Å². The van der Waals surface area contributed by atoms with Gasteiger partial charge in [-0.05, 0) is 31.0 Å². The molecule has 3 rings (SSSR count). The van der Waals surface area contributed by atoms with Gasteiger partial charge in [-0.3, -0.25) is 0 Å². The van der Waals surface area contributed by atoms with E-state index in [1.807, 2.05) is 6.07 Å². The third-order valence-electron chi connectivity index (χ3n) is 4.34. The summed E-state index contributed by atoms with van der Waals surface area (Å²) >= 11 is 0. The zero-order valence-corrected chi connectivity index (χ0v) is 13.3. The number of nitrogens with zero attached hydrogens (tertiary/aromatic N) is 2. The fraction of sp³-hybridized carbons (Fsp3) is 0.533. The third-order valence-corrected chi connectivity index (χ3v) is 6.21. The molecule has 0 spiro atoms. The summed E-state index contributed by atoms with van der Waals surface area (Å²) in [6.07, 6.45) is 3.16. The number of fused-ring (bicyclic) bond motifs is 2. The van der Waals surface area contributed by atoms with Gasteiger partial charge >= 0.3 is 0 Å². The van der Waals surface area contributed by atoms with Gasteiger partial charge in [-0.15, -0.1) is 0 Å². The zero-order chi connectivity index (χ0) is 15.7. The van der Waals surface area contributed by atoms with Crippen LogP contribution >= 0.6 is 0 Å². The highest BCUT2D eigenvalue weighted by molar-refractivity contribution is 7.89. The molecule has 0 amide bonds. The molecule has 2 aliphatic heterocycles. The van der Waals surface area contributed by atoms with Gasteiger partial charge in [0.25, 0.3) is 0 Å². The first kappa shape index (κ1) is 15.3. The van der Waals surface area contributed by atoms with E-state index in [4.69, 9.17) is 10.00 Å². The molecule has 2 aliphatic rings. The second kappa shape index (κ2) is 5.88. The molecule has 0 saturated carbocycles. The average Bonchev–Trinajstić information content (AvgIpc) is 2.53. The maximum atomic E-state index is 12.9. The summed E-state index contributed by atoms with van der Waals surface area (Å²) in [6, 6.07) is 6.89. The van der Waals surface area contributed by atoms with Crippen LogP contribution in [-0.4, -0.2) is 45.0 Å². The van der Waals surface area contributed by atoms with E-state index in [0.29, 0.717) is 18.7 Å². The number of hydrogen-bond donors (Lipinski definition) is 1. The molecule has 22 heavy (non-hydrogen) atoms. The van der Waals surface area contributed by atoms with Gasteiger partial charge in [0.2, 0.25) is 10.0 Å². The van der Waals surface area contributed by atoms with Crippen LogP contribution in [0.4, 0.5) is 0 Å². The maximum Gasteiger partial charge on any atom is 0.246 e. The summed E-state index contributed by atoms with van der Waals surface area (Å²) < 4.78 is 32.6. The summed E-state index contributed by atoms with van der Waals surface area (Å²) in [5.41, 5.74) is 0.382. The number of sulfonamides is 1. The van der Waals surface area contributed by atoms with Crippen molar-refractivity contribution in [3.05, 3.63) is 23.8 Å². The van der Waals surface area contributed by atoms with Crippen LogP contribution in [0.15, 0.2) is 23.1 Å². The summed E-state index contributed by atoms with van der Waals surface area (Å²) in [4.78, 5) is 0.133. The molecule has 2 heterocycles. The minimum absolute atomic E-state index is 0.133. The van der Waals surface area contributed by atoms with Crippen LogP contribution in [0.5, 0.6) is 5.75 Å². The molecule has 2 saturated heterocycles. The maximum absolute atomic E-state index is 12.9. The zero-order valence-electron chi connectivity index (χ0n) is 12.4. The standard InChI is InChI=1S/C15H19N3O3S/c1-21-14-7-11(8-16)5-6-15(14)22(19,20)18-9-12-3-2-4-13(10-18)17-12/h5-7,12-13,17H,2-4,9-10H2,1H3. The van der Waals surface area contributed by atoms with Crippen molar-refractivity contribution in [1.82, 2.24) is 9.62 Å². The van der Waals surface area contributed by atoms with E-state index >= 15 is 0 Å². The first-order valence-corrected chi connectivity index (χ1v) is 8.83. The molecule has 2 atom stereocenters. The molecule has 1 aromatic rings. The number of piperazine rings is 1. The first-order valence-electron chi connectivity index (χ1n) is 7.39.